The van der Waals surface area contributed by atoms with Crippen LogP contribution in [-0.4, -0.2) is 17.1 Å². The van der Waals surface area contributed by atoms with Crippen molar-refractivity contribution in [3.63, 3.8) is 0 Å². The zero-order valence-electron chi connectivity index (χ0n) is 8.59. The molecule has 0 saturated carbocycles. The van der Waals surface area contributed by atoms with Gasteiger partial charge in [-0.15, -0.1) is 0 Å². The second-order valence-electron chi connectivity index (χ2n) is 3.62. The van der Waals surface area contributed by atoms with Crippen molar-refractivity contribution in [1.82, 2.24) is 0 Å². The molecule has 0 heterocycles. The van der Waals surface area contributed by atoms with Gasteiger partial charge in [0.1, 0.15) is 6.17 Å². The van der Waals surface area contributed by atoms with Gasteiger partial charge in [0, 0.05) is 11.3 Å². The second-order valence-corrected chi connectivity index (χ2v) is 3.62. The third-order valence-corrected chi connectivity index (χ3v) is 2.28. The van der Waals surface area contributed by atoms with Crippen LogP contribution in [0.1, 0.15) is 11.1 Å². The van der Waals surface area contributed by atoms with Gasteiger partial charge in [-0.05, 0) is 12.5 Å². The Morgan fingerprint density at radius 2 is 1.87 bits per heavy atom. The van der Waals surface area contributed by atoms with Gasteiger partial charge in [0.05, 0.1) is 0 Å². The number of hydrogen-bond donors (Lipinski definition) is 2. The Kier molecular flexibility index (Phi) is 3.76. The third kappa shape index (κ3) is 3.30. The molecule has 1 rings (SSSR count). The molecule has 0 fully saturated rings. The summed E-state index contributed by atoms with van der Waals surface area (Å²) in [6.07, 6.45) is -0.661. The minimum Gasteiger partial charge on any atom is -0.310 e. The van der Waals surface area contributed by atoms with E-state index in [4.69, 9.17) is 11.5 Å². The van der Waals surface area contributed by atoms with Gasteiger partial charge in [-0.1, -0.05) is 29.8 Å². The summed E-state index contributed by atoms with van der Waals surface area (Å²) in [6, 6.07) is 6.61. The lowest BCUT2D eigenvalue weighted by Crippen LogP contribution is -2.48. The molecule has 4 N–H and O–H groups in total. The Morgan fingerprint density at radius 3 is 2.27 bits per heavy atom. The Hall–Kier alpha value is -1.46. The van der Waals surface area contributed by atoms with Gasteiger partial charge >= 0.3 is 0 Å². The molecule has 0 radical (unpaired) electrons. The fourth-order valence-corrected chi connectivity index (χ4v) is 1.32. The van der Waals surface area contributed by atoms with Crippen molar-refractivity contribution in [3.8, 4) is 0 Å². The maximum absolute atomic E-state index is 10.7. The van der Waals surface area contributed by atoms with E-state index in [-0.39, 0.29) is 6.42 Å². The van der Waals surface area contributed by atoms with E-state index in [0.717, 1.165) is 11.1 Å². The predicted molar refractivity (Wildman–Crippen MR) is 57.8 cm³/mol. The van der Waals surface area contributed by atoms with Crippen molar-refractivity contribution >= 4 is 0 Å². The van der Waals surface area contributed by atoms with Gasteiger partial charge in [0.25, 0.3) is 0 Å². The molecule has 0 saturated heterocycles. The normalized spacial score (nSPS) is 12.8. The fourth-order valence-electron chi connectivity index (χ4n) is 1.32. The van der Waals surface area contributed by atoms with E-state index in [1.165, 1.54) is 0 Å². The predicted octanol–water partition coefficient (Wildman–Crippen LogP) is 0.426. The van der Waals surface area contributed by atoms with Crippen LogP contribution in [0.4, 0.5) is 0 Å². The molecule has 5 heteroatoms. The summed E-state index contributed by atoms with van der Waals surface area (Å²) in [4.78, 5) is 10.2. The van der Waals surface area contributed by atoms with Crippen LogP contribution in [-0.2, 0) is 6.42 Å². The van der Waals surface area contributed by atoms with Crippen LogP contribution in [0, 0.1) is 17.0 Å². The maximum Gasteiger partial charge on any atom is 0.244 e. The molecule has 1 atom stereocenters. The van der Waals surface area contributed by atoms with E-state index in [1.54, 1.807) is 0 Å². The van der Waals surface area contributed by atoms with E-state index in [0.29, 0.717) is 0 Å². The Bertz CT molecular complexity index is 335. The van der Waals surface area contributed by atoms with Crippen LogP contribution in [0.5, 0.6) is 0 Å². The van der Waals surface area contributed by atoms with Crippen molar-refractivity contribution in [2.45, 2.75) is 25.6 Å². The standard InChI is InChI=1S/C10H15N3O2/c1-7-2-4-8(5-3-7)6-9(10(11)12)13(14)15/h2-5,9-10H,6,11-12H2,1H3. The summed E-state index contributed by atoms with van der Waals surface area (Å²) in [6.45, 7) is 1.96. The molecule has 5 nitrogen and oxygen atoms in total. The molecule has 0 amide bonds. The van der Waals surface area contributed by atoms with Crippen LogP contribution in [0.2, 0.25) is 0 Å². The molecular weight excluding hydrogens is 194 g/mol. The van der Waals surface area contributed by atoms with Crippen molar-refractivity contribution in [3.05, 3.63) is 45.5 Å². The lowest BCUT2D eigenvalue weighted by atomic mass is 10.0. The first-order chi connectivity index (χ1) is 7.00. The zero-order valence-corrected chi connectivity index (χ0v) is 8.59. The second kappa shape index (κ2) is 4.86. The fraction of sp³-hybridized carbons (Fsp3) is 0.400. The number of nitrogens with two attached hydrogens (primary N) is 2. The Labute approximate surface area is 88.2 Å². The van der Waals surface area contributed by atoms with Crippen LogP contribution < -0.4 is 11.5 Å². The minimum absolute atomic E-state index is 0.269. The lowest BCUT2D eigenvalue weighted by Gasteiger charge is -2.12. The van der Waals surface area contributed by atoms with Gasteiger partial charge in [-0.3, -0.25) is 10.1 Å². The Morgan fingerprint density at radius 1 is 1.33 bits per heavy atom. The smallest absolute Gasteiger partial charge is 0.244 e. The summed E-state index contributed by atoms with van der Waals surface area (Å²) < 4.78 is 0. The van der Waals surface area contributed by atoms with Crippen LogP contribution >= 0.6 is 0 Å². The molecule has 0 aliphatic rings. The van der Waals surface area contributed by atoms with Gasteiger partial charge in [-0.2, -0.15) is 0 Å². The van der Waals surface area contributed by atoms with E-state index < -0.39 is 17.1 Å². The number of aryl methyl sites for hydroxylation is 1. The van der Waals surface area contributed by atoms with Gasteiger partial charge in [0.15, 0.2) is 0 Å². The third-order valence-electron chi connectivity index (χ3n) is 2.28. The average Bonchev–Trinajstić information content (AvgIpc) is 2.15. The molecule has 15 heavy (non-hydrogen) atoms. The average molecular weight is 209 g/mol. The minimum atomic E-state index is -0.929. The van der Waals surface area contributed by atoms with Crippen molar-refractivity contribution in [2.75, 3.05) is 0 Å². The van der Waals surface area contributed by atoms with Crippen molar-refractivity contribution in [1.29, 1.82) is 0 Å². The highest BCUT2D eigenvalue weighted by molar-refractivity contribution is 5.21. The van der Waals surface area contributed by atoms with Crippen molar-refractivity contribution < 1.29 is 4.92 Å². The summed E-state index contributed by atoms with van der Waals surface area (Å²) in [5, 5.41) is 10.7. The largest absolute Gasteiger partial charge is 0.310 e. The maximum atomic E-state index is 10.7. The topological polar surface area (TPSA) is 95.2 Å². The lowest BCUT2D eigenvalue weighted by molar-refractivity contribution is -0.525. The van der Waals surface area contributed by atoms with Crippen LogP contribution in [0.15, 0.2) is 24.3 Å². The molecule has 0 aliphatic carbocycles. The van der Waals surface area contributed by atoms with Crippen LogP contribution in [0.3, 0.4) is 0 Å². The van der Waals surface area contributed by atoms with Crippen molar-refractivity contribution in [2.24, 2.45) is 11.5 Å². The first-order valence-electron chi connectivity index (χ1n) is 4.71. The summed E-state index contributed by atoms with van der Waals surface area (Å²) in [7, 11) is 0. The molecule has 0 bridgehead atoms. The molecule has 1 aromatic carbocycles. The van der Waals surface area contributed by atoms with E-state index >= 15 is 0 Å². The first kappa shape index (κ1) is 11.6. The number of benzene rings is 1. The molecular formula is C10H15N3O2. The summed E-state index contributed by atoms with van der Waals surface area (Å²) in [5.74, 6) is 0. The monoisotopic (exact) mass is 209 g/mol. The van der Waals surface area contributed by atoms with E-state index in [1.807, 2.05) is 31.2 Å². The highest BCUT2D eigenvalue weighted by Crippen LogP contribution is 2.08. The van der Waals surface area contributed by atoms with Gasteiger partial charge < -0.3 is 11.5 Å². The first-order valence-corrected chi connectivity index (χ1v) is 4.71. The number of rotatable bonds is 4. The Balaban J connectivity index is 2.74. The molecule has 0 aliphatic heterocycles. The summed E-state index contributed by atoms with van der Waals surface area (Å²) in [5.41, 5.74) is 12.7. The number of hydrogen-bond acceptors (Lipinski definition) is 4. The van der Waals surface area contributed by atoms with Gasteiger partial charge in [0.2, 0.25) is 6.04 Å². The van der Waals surface area contributed by atoms with Crippen LogP contribution in [0.25, 0.3) is 0 Å². The molecule has 0 spiro atoms. The molecule has 82 valence electrons. The highest BCUT2D eigenvalue weighted by Gasteiger charge is 2.25. The summed E-state index contributed by atoms with van der Waals surface area (Å²) >= 11 is 0. The number of nitro groups is 1. The highest BCUT2D eigenvalue weighted by atomic mass is 16.6. The molecule has 0 aromatic heterocycles. The quantitative estimate of drug-likeness (QED) is 0.427. The SMILES string of the molecule is Cc1ccc(CC(C(N)N)[N+](=O)[O-])cc1. The van der Waals surface area contributed by atoms with Gasteiger partial charge in [-0.25, -0.2) is 0 Å². The zero-order chi connectivity index (χ0) is 11.4. The number of nitrogens with zero attached hydrogens (tertiary/aromatic N) is 1. The molecule has 1 unspecified atom stereocenters. The van der Waals surface area contributed by atoms with E-state index in [2.05, 4.69) is 0 Å². The van der Waals surface area contributed by atoms with E-state index in [9.17, 15) is 10.1 Å². The molecule has 1 aromatic rings.